The molecule has 1 aliphatic carbocycles. The van der Waals surface area contributed by atoms with Crippen LogP contribution in [0.15, 0.2) is 141 Å². The summed E-state index contributed by atoms with van der Waals surface area (Å²) in [5, 5.41) is 26.5. The molecule has 1 fully saturated rings. The van der Waals surface area contributed by atoms with Crippen LogP contribution in [-0.2, 0) is 9.53 Å². The number of hydrogen-bond donors (Lipinski definition) is 3. The molecule has 0 aromatic carbocycles. The molecule has 0 saturated carbocycles. The van der Waals surface area contributed by atoms with Crippen molar-refractivity contribution in [3.63, 3.8) is 0 Å². The van der Waals surface area contributed by atoms with Gasteiger partial charge in [-0.25, -0.2) is 15.0 Å². The van der Waals surface area contributed by atoms with Crippen molar-refractivity contribution < 1.29 is 19.7 Å². The third-order valence-electron chi connectivity index (χ3n) is 12.4. The number of aliphatic imine (C=N–C) groups is 3. The van der Waals surface area contributed by atoms with Crippen molar-refractivity contribution in [1.82, 2.24) is 5.32 Å². The molecule has 0 spiro atoms. The van der Waals surface area contributed by atoms with Crippen LogP contribution in [0.5, 0.6) is 0 Å². The number of nitrogens with zero attached hydrogens (tertiary/aromatic N) is 3. The molecule has 314 valence electrons. The lowest BCUT2D eigenvalue weighted by Gasteiger charge is -2.17. The number of carbonyl (C=O) groups excluding carboxylic acids is 1. The first kappa shape index (κ1) is 43.8. The highest BCUT2D eigenvalue weighted by molar-refractivity contribution is 6.21. The van der Waals surface area contributed by atoms with E-state index in [0.29, 0.717) is 30.9 Å². The second-order valence-corrected chi connectivity index (χ2v) is 17.8. The van der Waals surface area contributed by atoms with Crippen molar-refractivity contribution in [2.45, 2.75) is 140 Å². The molecule has 3 atom stereocenters. The van der Waals surface area contributed by atoms with Gasteiger partial charge in [0.2, 0.25) is 0 Å². The molecule has 0 amide bonds. The van der Waals surface area contributed by atoms with Gasteiger partial charge < -0.3 is 20.3 Å². The van der Waals surface area contributed by atoms with E-state index >= 15 is 0 Å². The van der Waals surface area contributed by atoms with Crippen LogP contribution >= 0.6 is 0 Å². The Balaban J connectivity index is 1.30. The first-order chi connectivity index (χ1) is 28.1. The van der Waals surface area contributed by atoms with Crippen LogP contribution in [0, 0.1) is 17.8 Å². The molecule has 8 heteroatoms. The van der Waals surface area contributed by atoms with E-state index in [9.17, 15) is 15.0 Å². The van der Waals surface area contributed by atoms with Crippen LogP contribution in [0.1, 0.15) is 134 Å². The van der Waals surface area contributed by atoms with E-state index in [4.69, 9.17) is 19.7 Å². The average molecular weight is 799 g/mol. The van der Waals surface area contributed by atoms with Gasteiger partial charge in [0.15, 0.2) is 0 Å². The molecule has 59 heavy (non-hydrogen) atoms. The van der Waals surface area contributed by atoms with Crippen molar-refractivity contribution in [2.75, 3.05) is 6.61 Å². The van der Waals surface area contributed by atoms with E-state index in [1.54, 1.807) is 6.92 Å². The number of fused-ring (bicyclic) bond motifs is 5. The number of nitrogens with one attached hydrogen (secondary N) is 1. The molecule has 6 rings (SSSR count). The number of aliphatic hydroxyl groups excluding tert-OH is 2. The maximum absolute atomic E-state index is 13.3. The molecule has 3 N–H and O–H groups in total. The van der Waals surface area contributed by atoms with Crippen molar-refractivity contribution in [3.8, 4) is 0 Å². The SMILES string of the molecule is CCC1=C2C=C3N=C(C=C4N=C(C=C5NC(=C6CC(O)=C1C6=N2)C(CCC(=O)OCC=C(C)CCC=C(C)CCC=C(C)C)C5C)C(C)=C4C(C)O)C(C)=C3CC(C)C. The standard InChI is InChI=1S/C51H66N4O4/c1-12-36-43-27-44-38(23-29(4)5)33(9)40(52-44)26-45-48(35(11)56)34(10)42(53-45)25-41-32(8)37(50(54-41)39-24-46(57)49(36)51(39)55-43)19-20-47(58)59-22-21-31(7)18-14-17-30(6)16-13-15-28(2)3/h15,17,21,25-27,29,32,35,37,54,56-57H,12-14,16,18-20,22-24H2,1-11H3. The molecule has 5 heterocycles. The number of rotatable bonds is 15. The lowest BCUT2D eigenvalue weighted by Crippen LogP contribution is -2.16. The van der Waals surface area contributed by atoms with Crippen LogP contribution in [0.2, 0.25) is 0 Å². The Bertz CT molecular complexity index is 2230. The number of aliphatic hydroxyl groups is 2. The first-order valence-electron chi connectivity index (χ1n) is 21.9. The predicted octanol–water partition coefficient (Wildman–Crippen LogP) is 11.8. The fourth-order valence-corrected chi connectivity index (χ4v) is 9.08. The van der Waals surface area contributed by atoms with Crippen molar-refractivity contribution in [1.29, 1.82) is 0 Å². The van der Waals surface area contributed by atoms with Gasteiger partial charge in [0.05, 0.1) is 40.3 Å². The molecule has 0 aromatic heterocycles. The average Bonchev–Trinajstić information content (AvgIpc) is 3.93. The highest BCUT2D eigenvalue weighted by Gasteiger charge is 2.42. The molecule has 6 aliphatic rings. The number of ether oxygens (including phenoxy) is 1. The zero-order chi connectivity index (χ0) is 42.7. The van der Waals surface area contributed by atoms with E-state index in [0.717, 1.165) is 111 Å². The summed E-state index contributed by atoms with van der Waals surface area (Å²) in [5.41, 5.74) is 17.6. The fraction of sp³-hybridized carbons (Fsp3) is 0.490. The Morgan fingerprint density at radius 1 is 0.898 bits per heavy atom. The normalized spacial score (nSPS) is 22.3. The largest absolute Gasteiger partial charge is 0.511 e. The number of hydrogen-bond acceptors (Lipinski definition) is 8. The van der Waals surface area contributed by atoms with Gasteiger partial charge in [-0.05, 0) is 146 Å². The van der Waals surface area contributed by atoms with Gasteiger partial charge in [-0.1, -0.05) is 56.6 Å². The second kappa shape index (κ2) is 18.6. The van der Waals surface area contributed by atoms with Gasteiger partial charge in [0, 0.05) is 52.8 Å². The smallest absolute Gasteiger partial charge is 0.306 e. The van der Waals surface area contributed by atoms with Crippen LogP contribution < -0.4 is 5.32 Å². The van der Waals surface area contributed by atoms with Gasteiger partial charge in [0.1, 0.15) is 12.4 Å². The molecule has 8 bridgehead atoms. The molecular weight excluding hydrogens is 733 g/mol. The van der Waals surface area contributed by atoms with Gasteiger partial charge in [-0.3, -0.25) is 4.79 Å². The summed E-state index contributed by atoms with van der Waals surface area (Å²) in [6.45, 7) is 23.5. The number of carbonyl (C=O) groups is 1. The van der Waals surface area contributed by atoms with Gasteiger partial charge in [-0.15, -0.1) is 0 Å². The topological polar surface area (TPSA) is 116 Å². The van der Waals surface area contributed by atoms with Gasteiger partial charge in [-0.2, -0.15) is 0 Å². The van der Waals surface area contributed by atoms with E-state index in [1.165, 1.54) is 22.3 Å². The summed E-state index contributed by atoms with van der Waals surface area (Å²) in [5.74, 6) is 0.485. The maximum atomic E-state index is 13.3. The molecule has 0 radical (unpaired) electrons. The third kappa shape index (κ3) is 9.64. The summed E-state index contributed by atoms with van der Waals surface area (Å²) in [6, 6.07) is 0. The Labute approximate surface area is 352 Å². The lowest BCUT2D eigenvalue weighted by atomic mass is 9.86. The van der Waals surface area contributed by atoms with Crippen LogP contribution in [-0.4, -0.2) is 46.0 Å². The molecule has 1 saturated heterocycles. The minimum atomic E-state index is -0.721. The Hall–Kier alpha value is -4.82. The summed E-state index contributed by atoms with van der Waals surface area (Å²) in [4.78, 5) is 28.9. The van der Waals surface area contributed by atoms with Gasteiger partial charge in [0.25, 0.3) is 0 Å². The molecule has 3 unspecified atom stereocenters. The zero-order valence-electron chi connectivity index (χ0n) is 37.4. The maximum Gasteiger partial charge on any atom is 0.306 e. The quantitative estimate of drug-likeness (QED) is 0.113. The Morgan fingerprint density at radius 3 is 2.25 bits per heavy atom. The second-order valence-electron chi connectivity index (χ2n) is 17.8. The summed E-state index contributed by atoms with van der Waals surface area (Å²) >= 11 is 0. The van der Waals surface area contributed by atoms with E-state index in [-0.39, 0.29) is 30.8 Å². The van der Waals surface area contributed by atoms with Crippen molar-refractivity contribution in [2.24, 2.45) is 32.7 Å². The summed E-state index contributed by atoms with van der Waals surface area (Å²) in [6.07, 6.45) is 19.0. The fourth-order valence-electron chi connectivity index (χ4n) is 9.08. The Kier molecular flexibility index (Phi) is 13.8. The minimum Gasteiger partial charge on any atom is -0.511 e. The van der Waals surface area contributed by atoms with Crippen LogP contribution in [0.3, 0.4) is 0 Å². The number of allylic oxidation sites excluding steroid dienone is 16. The lowest BCUT2D eigenvalue weighted by molar-refractivity contribution is -0.142. The summed E-state index contributed by atoms with van der Waals surface area (Å²) in [7, 11) is 0. The number of esters is 1. The molecular formula is C51H66N4O4. The minimum absolute atomic E-state index is 0.0118. The predicted molar refractivity (Wildman–Crippen MR) is 243 cm³/mol. The van der Waals surface area contributed by atoms with E-state index < -0.39 is 6.10 Å². The van der Waals surface area contributed by atoms with Crippen LogP contribution in [0.25, 0.3) is 0 Å². The highest BCUT2D eigenvalue weighted by Crippen LogP contribution is 2.47. The highest BCUT2D eigenvalue weighted by atomic mass is 16.5. The molecule has 8 nitrogen and oxygen atoms in total. The Morgan fingerprint density at radius 2 is 1.58 bits per heavy atom. The third-order valence-corrected chi connectivity index (χ3v) is 12.4. The first-order valence-corrected chi connectivity index (χ1v) is 21.9. The van der Waals surface area contributed by atoms with Gasteiger partial charge >= 0.3 is 5.97 Å². The van der Waals surface area contributed by atoms with Crippen molar-refractivity contribution in [3.05, 3.63) is 126 Å². The van der Waals surface area contributed by atoms with E-state index in [1.807, 2.05) is 19.1 Å². The zero-order valence-corrected chi connectivity index (χ0v) is 37.4. The molecule has 5 aliphatic heterocycles. The monoisotopic (exact) mass is 799 g/mol. The van der Waals surface area contributed by atoms with Crippen molar-refractivity contribution >= 4 is 23.1 Å². The molecule has 0 aromatic rings. The van der Waals surface area contributed by atoms with E-state index in [2.05, 4.69) is 91.9 Å². The summed E-state index contributed by atoms with van der Waals surface area (Å²) < 4.78 is 5.76. The van der Waals surface area contributed by atoms with Crippen LogP contribution in [0.4, 0.5) is 0 Å².